The highest BCUT2D eigenvalue weighted by molar-refractivity contribution is 5.93. The first kappa shape index (κ1) is 9.82. The minimum Gasteiger partial charge on any atom is -0.361 e. The fourth-order valence-corrected chi connectivity index (χ4v) is 2.68. The smallest absolute Gasteiger partial charge is 0.199 e. The Balaban J connectivity index is 2.54. The van der Waals surface area contributed by atoms with E-state index in [4.69, 9.17) is 0 Å². The van der Waals surface area contributed by atoms with Gasteiger partial charge < -0.3 is 10.2 Å². The highest BCUT2D eigenvalue weighted by Gasteiger charge is 2.51. The Bertz CT molecular complexity index is 534. The van der Waals surface area contributed by atoms with E-state index in [-0.39, 0.29) is 0 Å². The molecule has 0 aliphatic heterocycles. The molecule has 0 atom stereocenters. The lowest BCUT2D eigenvalue weighted by Gasteiger charge is -2.33. The van der Waals surface area contributed by atoms with E-state index in [9.17, 15) is 10.2 Å². The zero-order valence-corrected chi connectivity index (χ0v) is 9.36. The SMILES string of the molecule is CC1(C)c2cccc3cccc(c23)C1(O)O. The molecule has 16 heavy (non-hydrogen) atoms. The van der Waals surface area contributed by atoms with Gasteiger partial charge in [-0.25, -0.2) is 0 Å². The lowest BCUT2D eigenvalue weighted by molar-refractivity contribution is -0.209. The minimum absolute atomic E-state index is 0.616. The maximum atomic E-state index is 10.3. The van der Waals surface area contributed by atoms with Crippen molar-refractivity contribution in [3.8, 4) is 0 Å². The van der Waals surface area contributed by atoms with Crippen molar-refractivity contribution in [2.75, 3.05) is 0 Å². The molecule has 2 nitrogen and oxygen atoms in total. The molecule has 0 amide bonds. The first-order valence-corrected chi connectivity index (χ1v) is 5.44. The van der Waals surface area contributed by atoms with Crippen molar-refractivity contribution in [2.24, 2.45) is 0 Å². The molecule has 0 fully saturated rings. The van der Waals surface area contributed by atoms with E-state index in [1.54, 1.807) is 6.07 Å². The summed E-state index contributed by atoms with van der Waals surface area (Å²) >= 11 is 0. The second kappa shape index (κ2) is 2.65. The molecule has 0 aromatic heterocycles. The van der Waals surface area contributed by atoms with Gasteiger partial charge in [0.15, 0.2) is 5.79 Å². The van der Waals surface area contributed by atoms with Crippen LogP contribution in [-0.2, 0) is 11.2 Å². The summed E-state index contributed by atoms with van der Waals surface area (Å²) in [5.41, 5.74) is 0.951. The van der Waals surface area contributed by atoms with Gasteiger partial charge in [-0.2, -0.15) is 0 Å². The van der Waals surface area contributed by atoms with Crippen LogP contribution in [0.3, 0.4) is 0 Å². The molecule has 2 heteroatoms. The molecule has 1 aliphatic rings. The van der Waals surface area contributed by atoms with Crippen molar-refractivity contribution in [1.82, 2.24) is 0 Å². The van der Waals surface area contributed by atoms with Crippen LogP contribution in [0, 0.1) is 0 Å². The highest BCUT2D eigenvalue weighted by atomic mass is 16.5. The van der Waals surface area contributed by atoms with Gasteiger partial charge in [0.2, 0.25) is 0 Å². The third kappa shape index (κ3) is 0.896. The lowest BCUT2D eigenvalue weighted by Crippen LogP contribution is -2.41. The first-order valence-electron chi connectivity index (χ1n) is 5.44. The summed E-state index contributed by atoms with van der Waals surface area (Å²) in [6.45, 7) is 3.73. The van der Waals surface area contributed by atoms with Gasteiger partial charge >= 0.3 is 0 Å². The molecule has 3 rings (SSSR count). The molecule has 0 heterocycles. The molecule has 2 aromatic rings. The maximum Gasteiger partial charge on any atom is 0.199 e. The van der Waals surface area contributed by atoms with Crippen molar-refractivity contribution in [3.05, 3.63) is 47.5 Å². The van der Waals surface area contributed by atoms with Crippen LogP contribution in [0.15, 0.2) is 36.4 Å². The van der Waals surface area contributed by atoms with Crippen LogP contribution in [-0.4, -0.2) is 10.2 Å². The number of benzene rings is 2. The molecule has 2 N–H and O–H groups in total. The third-order valence-corrected chi connectivity index (χ3v) is 3.83. The van der Waals surface area contributed by atoms with Gasteiger partial charge in [0.25, 0.3) is 0 Å². The van der Waals surface area contributed by atoms with Crippen molar-refractivity contribution < 1.29 is 10.2 Å². The Kier molecular flexibility index (Phi) is 1.63. The van der Waals surface area contributed by atoms with Gasteiger partial charge in [-0.15, -0.1) is 0 Å². The van der Waals surface area contributed by atoms with Crippen LogP contribution in [0.25, 0.3) is 10.8 Å². The third-order valence-electron chi connectivity index (χ3n) is 3.83. The molecule has 82 valence electrons. The first-order chi connectivity index (χ1) is 7.46. The lowest BCUT2D eigenvalue weighted by atomic mass is 9.80. The van der Waals surface area contributed by atoms with Crippen molar-refractivity contribution >= 4 is 10.8 Å². The standard InChI is InChI=1S/C14H14O2/c1-13(2)10-7-3-5-9-6-4-8-11(12(9)10)14(13,15)16/h3-8,15-16H,1-2H3. The highest BCUT2D eigenvalue weighted by Crippen LogP contribution is 2.51. The van der Waals surface area contributed by atoms with Gasteiger partial charge in [0.1, 0.15) is 0 Å². The zero-order valence-electron chi connectivity index (χ0n) is 9.36. The van der Waals surface area contributed by atoms with Crippen LogP contribution in [0.1, 0.15) is 25.0 Å². The van der Waals surface area contributed by atoms with Crippen molar-refractivity contribution in [2.45, 2.75) is 25.0 Å². The van der Waals surface area contributed by atoms with Gasteiger partial charge in [-0.3, -0.25) is 0 Å². The molecule has 0 bridgehead atoms. The largest absolute Gasteiger partial charge is 0.361 e. The Hall–Kier alpha value is -1.38. The Morgan fingerprint density at radius 2 is 1.44 bits per heavy atom. The summed E-state index contributed by atoms with van der Waals surface area (Å²) in [5, 5.41) is 22.7. The second-order valence-electron chi connectivity index (χ2n) is 5.01. The molecule has 0 spiro atoms. The molecule has 0 unspecified atom stereocenters. The van der Waals surface area contributed by atoms with Gasteiger partial charge in [0.05, 0.1) is 0 Å². The number of hydrogen-bond acceptors (Lipinski definition) is 2. The average molecular weight is 214 g/mol. The van der Waals surface area contributed by atoms with Crippen LogP contribution >= 0.6 is 0 Å². The number of rotatable bonds is 0. The second-order valence-corrected chi connectivity index (χ2v) is 5.01. The van der Waals surface area contributed by atoms with E-state index < -0.39 is 11.2 Å². The number of aliphatic hydroxyl groups is 2. The van der Waals surface area contributed by atoms with E-state index in [2.05, 4.69) is 0 Å². The predicted molar refractivity (Wildman–Crippen MR) is 63.1 cm³/mol. The molecule has 1 aliphatic carbocycles. The summed E-state index contributed by atoms with van der Waals surface area (Å²) < 4.78 is 0. The van der Waals surface area contributed by atoms with Gasteiger partial charge in [-0.1, -0.05) is 50.2 Å². The van der Waals surface area contributed by atoms with Crippen LogP contribution < -0.4 is 0 Å². The van der Waals surface area contributed by atoms with Crippen LogP contribution in [0.2, 0.25) is 0 Å². The van der Waals surface area contributed by atoms with E-state index in [0.717, 1.165) is 16.3 Å². The van der Waals surface area contributed by atoms with E-state index in [1.807, 2.05) is 44.2 Å². The molecule has 0 radical (unpaired) electrons. The summed E-state index contributed by atoms with van der Waals surface area (Å²) in [6.07, 6.45) is 0. The fourth-order valence-electron chi connectivity index (χ4n) is 2.68. The van der Waals surface area contributed by atoms with E-state index in [0.29, 0.717) is 5.56 Å². The topological polar surface area (TPSA) is 40.5 Å². The summed E-state index contributed by atoms with van der Waals surface area (Å²) in [7, 11) is 0. The molecule has 0 saturated heterocycles. The summed E-state index contributed by atoms with van der Waals surface area (Å²) in [4.78, 5) is 0. The van der Waals surface area contributed by atoms with Gasteiger partial charge in [-0.05, 0) is 16.3 Å². The zero-order chi connectivity index (χ0) is 11.6. The Morgan fingerprint density at radius 3 is 2.06 bits per heavy atom. The summed E-state index contributed by atoms with van der Waals surface area (Å²) in [6, 6.07) is 11.6. The minimum atomic E-state index is -1.78. The van der Waals surface area contributed by atoms with Gasteiger partial charge in [0, 0.05) is 11.0 Å². The predicted octanol–water partition coefficient (Wildman–Crippen LogP) is 2.27. The normalized spacial score (nSPS) is 20.2. The molecule has 2 aromatic carbocycles. The van der Waals surface area contributed by atoms with Crippen LogP contribution in [0.5, 0.6) is 0 Å². The van der Waals surface area contributed by atoms with Crippen LogP contribution in [0.4, 0.5) is 0 Å². The number of hydrogen-bond donors (Lipinski definition) is 2. The quantitative estimate of drug-likeness (QED) is 0.660. The summed E-state index contributed by atoms with van der Waals surface area (Å²) in [5.74, 6) is -1.78. The fraction of sp³-hybridized carbons (Fsp3) is 0.286. The van der Waals surface area contributed by atoms with Crippen molar-refractivity contribution in [3.63, 3.8) is 0 Å². The van der Waals surface area contributed by atoms with Crippen molar-refractivity contribution in [1.29, 1.82) is 0 Å². The van der Waals surface area contributed by atoms with E-state index >= 15 is 0 Å². The van der Waals surface area contributed by atoms with E-state index in [1.165, 1.54) is 0 Å². The average Bonchev–Trinajstić information content (AvgIpc) is 2.40. The molecule has 0 saturated carbocycles. The monoisotopic (exact) mass is 214 g/mol. The maximum absolute atomic E-state index is 10.3. The Morgan fingerprint density at radius 1 is 0.875 bits per heavy atom. The molecular formula is C14H14O2. The Labute approximate surface area is 94.2 Å². The molecular weight excluding hydrogens is 200 g/mol.